The van der Waals surface area contributed by atoms with Crippen LogP contribution < -0.4 is 0 Å². The lowest BCUT2D eigenvalue weighted by Crippen LogP contribution is -2.14. The molecule has 2 nitrogen and oxygen atoms in total. The Hall–Kier alpha value is -1.48. The van der Waals surface area contributed by atoms with E-state index in [1.807, 2.05) is 0 Å². The van der Waals surface area contributed by atoms with Gasteiger partial charge in [-0.15, -0.1) is 0 Å². The van der Waals surface area contributed by atoms with E-state index in [-0.39, 0.29) is 11.6 Å². The molecule has 1 aliphatic carbocycles. The highest BCUT2D eigenvalue weighted by atomic mass is 19.1. The largest absolute Gasteiger partial charge is 0.384 e. The van der Waals surface area contributed by atoms with E-state index in [0.29, 0.717) is 17.6 Å². The second-order valence-corrected chi connectivity index (χ2v) is 3.93. The Bertz CT molecular complexity index is 420. The van der Waals surface area contributed by atoms with Crippen molar-refractivity contribution in [1.82, 2.24) is 0 Å². The number of hydrogen-bond donors (Lipinski definition) is 1. The van der Waals surface area contributed by atoms with Gasteiger partial charge in [-0.25, -0.2) is 4.39 Å². The van der Waals surface area contributed by atoms with Crippen LogP contribution in [-0.2, 0) is 4.79 Å². The molecule has 1 unspecified atom stereocenters. The first kappa shape index (κ1) is 11.0. The number of benzene rings is 1. The number of hydrogen-bond acceptors (Lipinski definition) is 2. The maximum Gasteiger partial charge on any atom is 0.161 e. The minimum Gasteiger partial charge on any atom is -0.384 e. The fraction of sp³-hybridized carbons (Fsp3) is 0.308. The number of allylic oxidation sites excluding steroid dienone is 1. The van der Waals surface area contributed by atoms with Gasteiger partial charge in [0, 0.05) is 12.0 Å². The van der Waals surface area contributed by atoms with Gasteiger partial charge in [0.1, 0.15) is 11.9 Å². The number of carbonyl (C=O) groups excluding carboxylic acids is 1. The molecule has 0 saturated carbocycles. The summed E-state index contributed by atoms with van der Waals surface area (Å²) in [6, 6.07) is 5.57. The molecule has 0 radical (unpaired) electrons. The van der Waals surface area contributed by atoms with Crippen LogP contribution in [0.15, 0.2) is 35.9 Å². The van der Waals surface area contributed by atoms with Crippen LogP contribution in [0.2, 0.25) is 0 Å². The second kappa shape index (κ2) is 4.58. The summed E-state index contributed by atoms with van der Waals surface area (Å²) in [4.78, 5) is 11.6. The van der Waals surface area contributed by atoms with E-state index in [2.05, 4.69) is 0 Å². The van der Waals surface area contributed by atoms with Crippen molar-refractivity contribution in [1.29, 1.82) is 0 Å². The average Bonchev–Trinajstić information content (AvgIpc) is 2.30. The Labute approximate surface area is 93.4 Å². The first-order valence-electron chi connectivity index (χ1n) is 5.35. The van der Waals surface area contributed by atoms with Gasteiger partial charge in [-0.2, -0.15) is 0 Å². The van der Waals surface area contributed by atoms with Crippen molar-refractivity contribution in [3.63, 3.8) is 0 Å². The third-order valence-corrected chi connectivity index (χ3v) is 2.77. The topological polar surface area (TPSA) is 37.3 Å². The van der Waals surface area contributed by atoms with Crippen LogP contribution in [0.1, 0.15) is 30.9 Å². The van der Waals surface area contributed by atoms with Gasteiger partial charge >= 0.3 is 0 Å². The zero-order chi connectivity index (χ0) is 11.5. The van der Waals surface area contributed by atoms with E-state index in [1.54, 1.807) is 6.08 Å². The summed E-state index contributed by atoms with van der Waals surface area (Å²) < 4.78 is 12.7. The van der Waals surface area contributed by atoms with Gasteiger partial charge < -0.3 is 5.11 Å². The highest BCUT2D eigenvalue weighted by molar-refractivity contribution is 5.97. The number of halogens is 1. The molecule has 84 valence electrons. The second-order valence-electron chi connectivity index (χ2n) is 3.93. The molecule has 1 atom stereocenters. The van der Waals surface area contributed by atoms with Crippen molar-refractivity contribution in [2.75, 3.05) is 0 Å². The molecule has 16 heavy (non-hydrogen) atoms. The standard InChI is InChI=1S/C13H13FO2/c14-10-7-5-9(6-8-10)13(16)11-3-1-2-4-12(11)15/h3,5-8,13,16H,1-2,4H2. The number of aliphatic hydroxyl groups excluding tert-OH is 1. The molecule has 0 fully saturated rings. The molecule has 1 aromatic rings. The fourth-order valence-electron chi connectivity index (χ4n) is 1.87. The Morgan fingerprint density at radius 2 is 1.94 bits per heavy atom. The predicted octanol–water partition coefficient (Wildman–Crippen LogP) is 2.54. The zero-order valence-electron chi connectivity index (χ0n) is 8.82. The molecule has 0 saturated heterocycles. The summed E-state index contributed by atoms with van der Waals surface area (Å²) in [5.41, 5.74) is 1.00. The molecular weight excluding hydrogens is 207 g/mol. The Balaban J connectivity index is 2.24. The smallest absolute Gasteiger partial charge is 0.161 e. The lowest BCUT2D eigenvalue weighted by atomic mass is 9.91. The van der Waals surface area contributed by atoms with Crippen LogP contribution in [-0.4, -0.2) is 10.9 Å². The van der Waals surface area contributed by atoms with Crippen molar-refractivity contribution in [2.24, 2.45) is 0 Å². The molecule has 1 N–H and O–H groups in total. The van der Waals surface area contributed by atoms with Crippen LogP contribution in [0.5, 0.6) is 0 Å². The molecule has 2 rings (SSSR count). The van der Waals surface area contributed by atoms with E-state index in [0.717, 1.165) is 12.8 Å². The van der Waals surface area contributed by atoms with Gasteiger partial charge in [0.2, 0.25) is 0 Å². The van der Waals surface area contributed by atoms with Gasteiger partial charge in [0.05, 0.1) is 0 Å². The molecule has 0 bridgehead atoms. The van der Waals surface area contributed by atoms with Gasteiger partial charge in [-0.3, -0.25) is 4.79 Å². The number of ketones is 1. The van der Waals surface area contributed by atoms with Crippen LogP contribution >= 0.6 is 0 Å². The van der Waals surface area contributed by atoms with Gasteiger partial charge in [-0.05, 0) is 30.5 Å². The van der Waals surface area contributed by atoms with E-state index in [1.165, 1.54) is 24.3 Å². The number of Topliss-reactive ketones (excluding diaryl/α,β-unsaturated/α-hetero) is 1. The third kappa shape index (κ3) is 2.19. The van der Waals surface area contributed by atoms with E-state index < -0.39 is 6.10 Å². The van der Waals surface area contributed by atoms with Gasteiger partial charge in [-0.1, -0.05) is 18.2 Å². The summed E-state index contributed by atoms with van der Waals surface area (Å²) in [6.45, 7) is 0. The maximum atomic E-state index is 12.7. The fourth-order valence-corrected chi connectivity index (χ4v) is 1.87. The van der Waals surface area contributed by atoms with Crippen molar-refractivity contribution in [2.45, 2.75) is 25.4 Å². The summed E-state index contributed by atoms with van der Waals surface area (Å²) in [7, 11) is 0. The number of rotatable bonds is 2. The van der Waals surface area contributed by atoms with Gasteiger partial charge in [0.25, 0.3) is 0 Å². The average molecular weight is 220 g/mol. The van der Waals surface area contributed by atoms with E-state index in [4.69, 9.17) is 0 Å². The molecule has 0 aliphatic heterocycles. The molecule has 1 aromatic carbocycles. The van der Waals surface area contributed by atoms with E-state index in [9.17, 15) is 14.3 Å². The Morgan fingerprint density at radius 3 is 2.56 bits per heavy atom. The van der Waals surface area contributed by atoms with Crippen LogP contribution in [0.25, 0.3) is 0 Å². The normalized spacial score (nSPS) is 18.1. The number of aliphatic hydroxyl groups is 1. The summed E-state index contributed by atoms with van der Waals surface area (Å²) in [5, 5.41) is 10.00. The van der Waals surface area contributed by atoms with Crippen molar-refractivity contribution in [3.8, 4) is 0 Å². The molecular formula is C13H13FO2. The SMILES string of the molecule is O=C1CCCC=C1C(O)c1ccc(F)cc1. The van der Waals surface area contributed by atoms with Crippen LogP contribution in [0, 0.1) is 5.82 Å². The highest BCUT2D eigenvalue weighted by Gasteiger charge is 2.22. The van der Waals surface area contributed by atoms with Crippen molar-refractivity contribution < 1.29 is 14.3 Å². The first-order valence-corrected chi connectivity index (χ1v) is 5.35. The quantitative estimate of drug-likeness (QED) is 0.831. The maximum absolute atomic E-state index is 12.7. The molecule has 1 aliphatic rings. The van der Waals surface area contributed by atoms with Crippen molar-refractivity contribution >= 4 is 5.78 Å². The minimum absolute atomic E-state index is 0.0110. The summed E-state index contributed by atoms with van der Waals surface area (Å²) in [6.07, 6.45) is 3.01. The third-order valence-electron chi connectivity index (χ3n) is 2.77. The Morgan fingerprint density at radius 1 is 1.25 bits per heavy atom. The highest BCUT2D eigenvalue weighted by Crippen LogP contribution is 2.27. The predicted molar refractivity (Wildman–Crippen MR) is 58.3 cm³/mol. The lowest BCUT2D eigenvalue weighted by Gasteiger charge is -2.17. The summed E-state index contributed by atoms with van der Waals surface area (Å²) >= 11 is 0. The first-order chi connectivity index (χ1) is 7.68. The molecule has 3 heteroatoms. The summed E-state index contributed by atoms with van der Waals surface area (Å²) in [5.74, 6) is -0.358. The monoisotopic (exact) mass is 220 g/mol. The molecule has 0 amide bonds. The van der Waals surface area contributed by atoms with Crippen molar-refractivity contribution in [3.05, 3.63) is 47.3 Å². The Kier molecular flexibility index (Phi) is 3.15. The lowest BCUT2D eigenvalue weighted by molar-refractivity contribution is -0.117. The van der Waals surface area contributed by atoms with Gasteiger partial charge in [0.15, 0.2) is 5.78 Å². The number of carbonyl (C=O) groups is 1. The van der Waals surface area contributed by atoms with Crippen LogP contribution in [0.3, 0.4) is 0 Å². The van der Waals surface area contributed by atoms with E-state index >= 15 is 0 Å². The zero-order valence-corrected chi connectivity index (χ0v) is 8.82. The van der Waals surface area contributed by atoms with Crippen LogP contribution in [0.4, 0.5) is 4.39 Å². The molecule has 0 spiro atoms. The molecule has 0 aromatic heterocycles. The molecule has 0 heterocycles. The minimum atomic E-state index is -0.923.